The van der Waals surface area contributed by atoms with E-state index in [1.165, 1.54) is 11.1 Å². The third kappa shape index (κ3) is 3.50. The number of hydrogen-bond donors (Lipinski definition) is 0. The Balaban J connectivity index is 2.19. The van der Waals surface area contributed by atoms with E-state index in [1.54, 1.807) is 30.4 Å². The highest BCUT2D eigenvalue weighted by atomic mass is 35.5. The van der Waals surface area contributed by atoms with E-state index >= 15 is 0 Å². The van der Waals surface area contributed by atoms with Crippen LogP contribution in [0.25, 0.3) is 6.08 Å². The molecule has 0 radical (unpaired) electrons. The molecule has 0 aromatic heterocycles. The summed E-state index contributed by atoms with van der Waals surface area (Å²) < 4.78 is 0. The van der Waals surface area contributed by atoms with Gasteiger partial charge in [-0.15, -0.1) is 0 Å². The minimum atomic E-state index is -0.0956. The highest BCUT2D eigenvalue weighted by Gasteiger charge is 2.05. The molecule has 0 aliphatic carbocycles. The molecule has 0 saturated heterocycles. The summed E-state index contributed by atoms with van der Waals surface area (Å²) in [4.78, 5) is 12.0. The summed E-state index contributed by atoms with van der Waals surface area (Å²) >= 11 is 11.7. The second kappa shape index (κ2) is 6.25. The number of ketones is 1. The van der Waals surface area contributed by atoms with Gasteiger partial charge in [0.05, 0.1) is 10.0 Å². The number of halogens is 2. The fraction of sp³-hybridized carbons (Fsp3) is 0.118. The van der Waals surface area contributed by atoms with Crippen LogP contribution in [0.4, 0.5) is 0 Å². The normalized spacial score (nSPS) is 11.0. The maximum absolute atomic E-state index is 12.0. The van der Waals surface area contributed by atoms with E-state index in [2.05, 4.69) is 6.92 Å². The smallest absolute Gasteiger partial charge is 0.185 e. The predicted octanol–water partition coefficient (Wildman–Crippen LogP) is 5.51. The van der Waals surface area contributed by atoms with Crippen molar-refractivity contribution in [3.8, 4) is 0 Å². The van der Waals surface area contributed by atoms with Gasteiger partial charge in [-0.25, -0.2) is 0 Å². The number of benzene rings is 2. The molecule has 2 rings (SSSR count). The summed E-state index contributed by atoms with van der Waals surface area (Å²) in [6.45, 7) is 4.11. The second-order valence-corrected chi connectivity index (χ2v) is 5.48. The Labute approximate surface area is 128 Å². The van der Waals surface area contributed by atoms with E-state index in [1.807, 2.05) is 25.1 Å². The maximum Gasteiger partial charge on any atom is 0.185 e. The Morgan fingerprint density at radius 3 is 2.35 bits per heavy atom. The molecule has 0 N–H and O–H groups in total. The van der Waals surface area contributed by atoms with Crippen LogP contribution in [-0.4, -0.2) is 5.78 Å². The molecule has 2 aromatic carbocycles. The van der Waals surface area contributed by atoms with Crippen molar-refractivity contribution >= 4 is 35.1 Å². The summed E-state index contributed by atoms with van der Waals surface area (Å²) in [6, 6.07) is 11.0. The molecule has 0 aliphatic rings. The van der Waals surface area contributed by atoms with Gasteiger partial charge >= 0.3 is 0 Å². The third-order valence-corrected chi connectivity index (χ3v) is 3.90. The van der Waals surface area contributed by atoms with Gasteiger partial charge in [0.1, 0.15) is 0 Å². The van der Waals surface area contributed by atoms with Crippen LogP contribution in [0.2, 0.25) is 10.0 Å². The molecular formula is C17H14Cl2O. The van der Waals surface area contributed by atoms with Crippen molar-refractivity contribution in [2.45, 2.75) is 13.8 Å². The monoisotopic (exact) mass is 304 g/mol. The van der Waals surface area contributed by atoms with E-state index < -0.39 is 0 Å². The molecule has 0 saturated carbocycles. The van der Waals surface area contributed by atoms with Crippen molar-refractivity contribution < 1.29 is 4.79 Å². The predicted molar refractivity (Wildman–Crippen MR) is 85.7 cm³/mol. The lowest BCUT2D eigenvalue weighted by molar-refractivity contribution is 0.104. The van der Waals surface area contributed by atoms with Gasteiger partial charge in [-0.3, -0.25) is 4.79 Å². The van der Waals surface area contributed by atoms with Crippen LogP contribution >= 0.6 is 23.2 Å². The second-order valence-electron chi connectivity index (χ2n) is 4.67. The SMILES string of the molecule is Cc1ccc(/C=C/C(=O)c2ccc(Cl)c(Cl)c2)cc1C. The zero-order valence-electron chi connectivity index (χ0n) is 11.3. The minimum absolute atomic E-state index is 0.0956. The van der Waals surface area contributed by atoms with Crippen molar-refractivity contribution in [3.63, 3.8) is 0 Å². The molecular weight excluding hydrogens is 291 g/mol. The topological polar surface area (TPSA) is 17.1 Å². The van der Waals surface area contributed by atoms with Gasteiger partial charge in [0, 0.05) is 5.56 Å². The number of hydrogen-bond acceptors (Lipinski definition) is 1. The minimum Gasteiger partial charge on any atom is -0.289 e. The van der Waals surface area contributed by atoms with Crippen molar-refractivity contribution in [1.82, 2.24) is 0 Å². The molecule has 102 valence electrons. The van der Waals surface area contributed by atoms with Crippen molar-refractivity contribution in [2.75, 3.05) is 0 Å². The van der Waals surface area contributed by atoms with Crippen LogP contribution in [0.1, 0.15) is 27.0 Å². The van der Waals surface area contributed by atoms with Gasteiger partial charge in [0.25, 0.3) is 0 Å². The number of rotatable bonds is 3. The molecule has 0 bridgehead atoms. The molecule has 0 atom stereocenters. The van der Waals surface area contributed by atoms with Gasteiger partial charge in [0.2, 0.25) is 0 Å². The molecule has 0 aliphatic heterocycles. The Bertz CT molecular complexity index is 687. The molecule has 3 heteroatoms. The lowest BCUT2D eigenvalue weighted by atomic mass is 10.0. The standard InChI is InChI=1S/C17H14Cl2O/c1-11-3-4-13(9-12(11)2)5-8-17(20)14-6-7-15(18)16(19)10-14/h3-10H,1-2H3/b8-5+. The maximum atomic E-state index is 12.0. The average Bonchev–Trinajstić information content (AvgIpc) is 2.43. The van der Waals surface area contributed by atoms with E-state index in [-0.39, 0.29) is 5.78 Å². The first-order valence-electron chi connectivity index (χ1n) is 6.22. The first-order valence-corrected chi connectivity index (χ1v) is 6.97. The van der Waals surface area contributed by atoms with Gasteiger partial charge in [0.15, 0.2) is 5.78 Å². The fourth-order valence-corrected chi connectivity index (χ4v) is 2.08. The van der Waals surface area contributed by atoms with Gasteiger partial charge in [-0.05, 0) is 54.8 Å². The van der Waals surface area contributed by atoms with E-state index in [0.29, 0.717) is 15.6 Å². The number of carbonyl (C=O) groups excluding carboxylic acids is 1. The Kier molecular flexibility index (Phi) is 4.64. The first-order chi connectivity index (χ1) is 9.47. The largest absolute Gasteiger partial charge is 0.289 e. The summed E-state index contributed by atoms with van der Waals surface area (Å²) in [5.74, 6) is -0.0956. The van der Waals surface area contributed by atoms with Crippen LogP contribution < -0.4 is 0 Å². The molecule has 20 heavy (non-hydrogen) atoms. The number of allylic oxidation sites excluding steroid dienone is 1. The van der Waals surface area contributed by atoms with E-state index in [0.717, 1.165) is 5.56 Å². The summed E-state index contributed by atoms with van der Waals surface area (Å²) in [6.07, 6.45) is 3.35. The van der Waals surface area contributed by atoms with Crippen LogP contribution in [-0.2, 0) is 0 Å². The lowest BCUT2D eigenvalue weighted by Gasteiger charge is -2.01. The Morgan fingerprint density at radius 2 is 1.70 bits per heavy atom. The van der Waals surface area contributed by atoms with Crippen LogP contribution in [0.5, 0.6) is 0 Å². The number of aryl methyl sites for hydroxylation is 2. The average molecular weight is 305 g/mol. The molecule has 1 nitrogen and oxygen atoms in total. The molecule has 0 fully saturated rings. The van der Waals surface area contributed by atoms with Crippen LogP contribution in [0.15, 0.2) is 42.5 Å². The molecule has 0 spiro atoms. The zero-order chi connectivity index (χ0) is 14.7. The summed E-state index contributed by atoms with van der Waals surface area (Å²) in [5.41, 5.74) is 3.97. The van der Waals surface area contributed by atoms with Gasteiger partial charge in [-0.2, -0.15) is 0 Å². The zero-order valence-corrected chi connectivity index (χ0v) is 12.8. The third-order valence-electron chi connectivity index (χ3n) is 3.16. The summed E-state index contributed by atoms with van der Waals surface area (Å²) in [5, 5.41) is 0.832. The van der Waals surface area contributed by atoms with Crippen molar-refractivity contribution in [3.05, 3.63) is 74.8 Å². The lowest BCUT2D eigenvalue weighted by Crippen LogP contribution is -1.94. The van der Waals surface area contributed by atoms with Crippen LogP contribution in [0, 0.1) is 13.8 Å². The highest BCUT2D eigenvalue weighted by Crippen LogP contribution is 2.23. The Hall–Kier alpha value is -1.57. The molecule has 2 aromatic rings. The molecule has 0 amide bonds. The highest BCUT2D eigenvalue weighted by molar-refractivity contribution is 6.42. The van der Waals surface area contributed by atoms with Crippen molar-refractivity contribution in [2.24, 2.45) is 0 Å². The van der Waals surface area contributed by atoms with Crippen LogP contribution in [0.3, 0.4) is 0 Å². The quantitative estimate of drug-likeness (QED) is 0.540. The van der Waals surface area contributed by atoms with E-state index in [4.69, 9.17) is 23.2 Å². The van der Waals surface area contributed by atoms with Gasteiger partial charge in [-0.1, -0.05) is 47.5 Å². The van der Waals surface area contributed by atoms with Crippen molar-refractivity contribution in [1.29, 1.82) is 0 Å². The van der Waals surface area contributed by atoms with E-state index in [9.17, 15) is 4.79 Å². The van der Waals surface area contributed by atoms with Gasteiger partial charge < -0.3 is 0 Å². The summed E-state index contributed by atoms with van der Waals surface area (Å²) in [7, 11) is 0. The number of carbonyl (C=O) groups is 1. The molecule has 0 unspecified atom stereocenters. The molecule has 0 heterocycles. The first kappa shape index (κ1) is 14.8. The Morgan fingerprint density at radius 1 is 0.950 bits per heavy atom. The fourth-order valence-electron chi connectivity index (χ4n) is 1.79.